The molecule has 0 saturated heterocycles. The Labute approximate surface area is 121 Å². The Hall–Kier alpha value is 0.140. The summed E-state index contributed by atoms with van der Waals surface area (Å²) in [4.78, 5) is 0. The average Bonchev–Trinajstić information content (AvgIpc) is 2.32. The summed E-state index contributed by atoms with van der Waals surface area (Å²) < 4.78 is 6.60. The van der Waals surface area contributed by atoms with Crippen molar-refractivity contribution in [2.24, 2.45) is 0 Å². The molecule has 17 heavy (non-hydrogen) atoms. The van der Waals surface area contributed by atoms with E-state index in [-0.39, 0.29) is 5.60 Å². The van der Waals surface area contributed by atoms with E-state index in [9.17, 15) is 0 Å². The molecular weight excluding hydrogens is 344 g/mol. The molecule has 0 fully saturated rings. The number of hydrogen-bond donors (Lipinski definition) is 0. The zero-order valence-corrected chi connectivity index (χ0v) is 13.8. The van der Waals surface area contributed by atoms with Gasteiger partial charge in [0.25, 0.3) is 0 Å². The molecule has 1 aromatic rings. The molecule has 0 aromatic heterocycles. The lowest BCUT2D eigenvalue weighted by molar-refractivity contribution is 0.0128. The molecule has 1 rings (SSSR count). The maximum absolute atomic E-state index is 5.46. The number of rotatable bonds is 6. The summed E-state index contributed by atoms with van der Waals surface area (Å²) in [5, 5.41) is 0.994. The fourth-order valence-corrected chi connectivity index (χ4v) is 2.65. The number of methoxy groups -OCH3 is 1. The monoisotopic (exact) mass is 362 g/mol. The van der Waals surface area contributed by atoms with Crippen LogP contribution in [-0.2, 0) is 4.74 Å². The smallest absolute Gasteiger partial charge is 0.0623 e. The fourth-order valence-electron chi connectivity index (χ4n) is 1.69. The van der Waals surface area contributed by atoms with Crippen LogP contribution in [0.5, 0.6) is 0 Å². The quantitative estimate of drug-likeness (QED) is 0.636. The SMILES string of the molecule is COC(C)(C)CCC(CBr)c1ccc(Br)cc1. The van der Waals surface area contributed by atoms with Crippen molar-refractivity contribution in [3.8, 4) is 0 Å². The highest BCUT2D eigenvalue weighted by atomic mass is 79.9. The third-order valence-corrected chi connectivity index (χ3v) is 4.49. The zero-order chi connectivity index (χ0) is 12.9. The number of alkyl halides is 1. The van der Waals surface area contributed by atoms with Gasteiger partial charge in [-0.05, 0) is 50.3 Å². The van der Waals surface area contributed by atoms with Crippen LogP contribution in [0.4, 0.5) is 0 Å². The molecule has 0 N–H and O–H groups in total. The molecule has 0 amide bonds. The van der Waals surface area contributed by atoms with Crippen molar-refractivity contribution in [2.75, 3.05) is 12.4 Å². The molecule has 0 spiro atoms. The lowest BCUT2D eigenvalue weighted by atomic mass is 9.91. The van der Waals surface area contributed by atoms with E-state index in [4.69, 9.17) is 4.74 Å². The van der Waals surface area contributed by atoms with Crippen LogP contribution in [0.2, 0.25) is 0 Å². The van der Waals surface area contributed by atoms with Crippen LogP contribution < -0.4 is 0 Å². The first-order valence-corrected chi connectivity index (χ1v) is 7.76. The maximum atomic E-state index is 5.46. The van der Waals surface area contributed by atoms with E-state index < -0.39 is 0 Å². The second kappa shape index (κ2) is 6.91. The maximum Gasteiger partial charge on any atom is 0.0623 e. The van der Waals surface area contributed by atoms with Crippen LogP contribution in [0.1, 0.15) is 38.2 Å². The molecule has 0 aliphatic heterocycles. The molecule has 96 valence electrons. The topological polar surface area (TPSA) is 9.23 Å². The number of benzene rings is 1. The van der Waals surface area contributed by atoms with Crippen LogP contribution in [0.15, 0.2) is 28.7 Å². The minimum absolute atomic E-state index is 0.0320. The van der Waals surface area contributed by atoms with Crippen molar-refractivity contribution >= 4 is 31.9 Å². The second-order valence-corrected chi connectivity index (χ2v) is 6.47. The second-order valence-electron chi connectivity index (χ2n) is 4.91. The molecule has 1 atom stereocenters. The molecule has 3 heteroatoms. The summed E-state index contributed by atoms with van der Waals surface area (Å²) in [5.41, 5.74) is 1.35. The molecule has 0 heterocycles. The first kappa shape index (κ1) is 15.2. The number of hydrogen-bond acceptors (Lipinski definition) is 1. The van der Waals surface area contributed by atoms with Crippen LogP contribution >= 0.6 is 31.9 Å². The van der Waals surface area contributed by atoms with Gasteiger partial charge in [0.15, 0.2) is 0 Å². The van der Waals surface area contributed by atoms with E-state index >= 15 is 0 Å². The Bertz CT molecular complexity index is 333. The normalized spacial score (nSPS) is 13.7. The predicted molar refractivity (Wildman–Crippen MR) is 81.0 cm³/mol. The summed E-state index contributed by atoms with van der Waals surface area (Å²) in [5.74, 6) is 0.553. The first-order chi connectivity index (χ1) is 7.98. The Morgan fingerprint density at radius 1 is 1.24 bits per heavy atom. The standard InChI is InChI=1S/C14H20Br2O/c1-14(2,17-3)9-8-12(10-15)11-4-6-13(16)7-5-11/h4-7,12H,8-10H2,1-3H3. The van der Waals surface area contributed by atoms with Crippen LogP contribution in [-0.4, -0.2) is 18.0 Å². The Morgan fingerprint density at radius 2 is 1.82 bits per heavy atom. The van der Waals surface area contributed by atoms with E-state index in [1.807, 2.05) is 0 Å². The molecule has 0 saturated carbocycles. The Balaban J connectivity index is 2.63. The Kier molecular flexibility index (Phi) is 6.18. The van der Waals surface area contributed by atoms with Crippen LogP contribution in [0.25, 0.3) is 0 Å². The number of ether oxygens (including phenoxy) is 1. The lowest BCUT2D eigenvalue weighted by Crippen LogP contribution is -2.23. The summed E-state index contributed by atoms with van der Waals surface area (Å²) >= 11 is 7.07. The van der Waals surface area contributed by atoms with Gasteiger partial charge < -0.3 is 4.74 Å². The summed E-state index contributed by atoms with van der Waals surface area (Å²) in [6.45, 7) is 4.28. The minimum atomic E-state index is -0.0320. The van der Waals surface area contributed by atoms with Gasteiger partial charge in [0.05, 0.1) is 5.60 Å². The van der Waals surface area contributed by atoms with Gasteiger partial charge in [0.2, 0.25) is 0 Å². The van der Waals surface area contributed by atoms with E-state index in [1.165, 1.54) is 5.56 Å². The van der Waals surface area contributed by atoms with Crippen LogP contribution in [0.3, 0.4) is 0 Å². The molecule has 0 aliphatic rings. The van der Waals surface area contributed by atoms with Gasteiger partial charge >= 0.3 is 0 Å². The molecule has 0 radical (unpaired) electrons. The van der Waals surface area contributed by atoms with E-state index in [2.05, 4.69) is 70.0 Å². The van der Waals surface area contributed by atoms with Crippen molar-refractivity contribution in [2.45, 2.75) is 38.2 Å². The fraction of sp³-hybridized carbons (Fsp3) is 0.571. The molecule has 1 unspecified atom stereocenters. The van der Waals surface area contributed by atoms with Crippen molar-refractivity contribution in [3.05, 3.63) is 34.3 Å². The third-order valence-electron chi connectivity index (χ3n) is 3.18. The highest BCUT2D eigenvalue weighted by Gasteiger charge is 2.19. The summed E-state index contributed by atoms with van der Waals surface area (Å²) in [7, 11) is 1.78. The predicted octanol–water partition coefficient (Wildman–Crippen LogP) is 5.13. The highest BCUT2D eigenvalue weighted by Crippen LogP contribution is 2.28. The first-order valence-electron chi connectivity index (χ1n) is 5.85. The average molecular weight is 364 g/mol. The summed E-state index contributed by atoms with van der Waals surface area (Å²) in [6, 6.07) is 8.59. The van der Waals surface area contributed by atoms with Gasteiger partial charge in [-0.3, -0.25) is 0 Å². The minimum Gasteiger partial charge on any atom is -0.379 e. The summed E-state index contributed by atoms with van der Waals surface area (Å²) in [6.07, 6.45) is 2.20. The third kappa shape index (κ3) is 5.11. The van der Waals surface area contributed by atoms with Gasteiger partial charge in [-0.25, -0.2) is 0 Å². The molecule has 1 nitrogen and oxygen atoms in total. The highest BCUT2D eigenvalue weighted by molar-refractivity contribution is 9.10. The van der Waals surface area contributed by atoms with Crippen LogP contribution in [0, 0.1) is 0 Å². The molecule has 0 bridgehead atoms. The van der Waals surface area contributed by atoms with E-state index in [0.29, 0.717) is 5.92 Å². The van der Waals surface area contributed by atoms with Crippen molar-refractivity contribution in [1.29, 1.82) is 0 Å². The van der Waals surface area contributed by atoms with E-state index in [0.717, 1.165) is 22.6 Å². The van der Waals surface area contributed by atoms with Gasteiger partial charge in [-0.1, -0.05) is 44.0 Å². The van der Waals surface area contributed by atoms with Crippen molar-refractivity contribution in [3.63, 3.8) is 0 Å². The van der Waals surface area contributed by atoms with E-state index in [1.54, 1.807) is 7.11 Å². The molecule has 0 aliphatic carbocycles. The van der Waals surface area contributed by atoms with Crippen molar-refractivity contribution < 1.29 is 4.74 Å². The molecule has 1 aromatic carbocycles. The zero-order valence-electron chi connectivity index (χ0n) is 10.7. The van der Waals surface area contributed by atoms with Gasteiger partial charge in [0.1, 0.15) is 0 Å². The lowest BCUT2D eigenvalue weighted by Gasteiger charge is -2.25. The largest absolute Gasteiger partial charge is 0.379 e. The van der Waals surface area contributed by atoms with Gasteiger partial charge in [0, 0.05) is 16.9 Å². The van der Waals surface area contributed by atoms with Gasteiger partial charge in [-0.15, -0.1) is 0 Å². The Morgan fingerprint density at radius 3 is 2.29 bits per heavy atom. The number of halogens is 2. The van der Waals surface area contributed by atoms with Gasteiger partial charge in [-0.2, -0.15) is 0 Å². The van der Waals surface area contributed by atoms with Crippen molar-refractivity contribution in [1.82, 2.24) is 0 Å². The molecular formula is C14H20Br2O.